The van der Waals surface area contributed by atoms with Crippen molar-refractivity contribution >= 4 is 5.91 Å². The number of rotatable bonds is 4. The minimum absolute atomic E-state index is 0.0000679. The van der Waals surface area contributed by atoms with Crippen molar-refractivity contribution in [2.45, 2.75) is 25.7 Å². The molecule has 108 valence electrons. The highest BCUT2D eigenvalue weighted by molar-refractivity contribution is 5.94. The van der Waals surface area contributed by atoms with E-state index in [-0.39, 0.29) is 11.7 Å². The van der Waals surface area contributed by atoms with Gasteiger partial charge >= 0.3 is 0 Å². The highest BCUT2D eigenvalue weighted by Crippen LogP contribution is 2.47. The Balaban J connectivity index is 1.58. The SMILES string of the molecule is COc1ccc(C(=O)NCC2CC3CCC2C3)cc1O. The molecule has 20 heavy (non-hydrogen) atoms. The number of benzene rings is 1. The normalized spacial score (nSPS) is 27.6. The number of hydrogen-bond acceptors (Lipinski definition) is 3. The third-order valence-electron chi connectivity index (χ3n) is 4.85. The molecule has 2 aliphatic carbocycles. The molecule has 0 spiro atoms. The number of methoxy groups -OCH3 is 1. The van der Waals surface area contributed by atoms with Gasteiger partial charge in [0.25, 0.3) is 5.91 Å². The molecule has 2 aliphatic rings. The maximum absolute atomic E-state index is 12.1. The maximum Gasteiger partial charge on any atom is 0.251 e. The molecule has 3 rings (SSSR count). The van der Waals surface area contributed by atoms with E-state index in [4.69, 9.17) is 4.74 Å². The van der Waals surface area contributed by atoms with Crippen LogP contribution in [0.2, 0.25) is 0 Å². The third-order valence-corrected chi connectivity index (χ3v) is 4.85. The summed E-state index contributed by atoms with van der Waals surface area (Å²) in [4.78, 5) is 12.1. The van der Waals surface area contributed by atoms with Gasteiger partial charge in [0.05, 0.1) is 7.11 Å². The number of phenolic OH excluding ortho intramolecular Hbond substituents is 1. The lowest BCUT2D eigenvalue weighted by atomic mass is 9.89. The molecule has 1 aromatic rings. The molecule has 2 N–H and O–H groups in total. The van der Waals surface area contributed by atoms with Crippen LogP contribution in [0, 0.1) is 17.8 Å². The van der Waals surface area contributed by atoms with E-state index in [9.17, 15) is 9.90 Å². The van der Waals surface area contributed by atoms with E-state index >= 15 is 0 Å². The second-order valence-electron chi connectivity index (χ2n) is 6.03. The van der Waals surface area contributed by atoms with Crippen molar-refractivity contribution in [1.29, 1.82) is 0 Å². The summed E-state index contributed by atoms with van der Waals surface area (Å²) in [6.07, 6.45) is 5.32. The Labute approximate surface area is 119 Å². The van der Waals surface area contributed by atoms with Crippen molar-refractivity contribution in [3.05, 3.63) is 23.8 Å². The van der Waals surface area contributed by atoms with E-state index < -0.39 is 0 Å². The molecule has 2 fully saturated rings. The van der Waals surface area contributed by atoms with Crippen LogP contribution in [0.5, 0.6) is 11.5 Å². The van der Waals surface area contributed by atoms with Gasteiger partial charge in [0.1, 0.15) is 0 Å². The zero-order valence-electron chi connectivity index (χ0n) is 11.8. The van der Waals surface area contributed by atoms with Gasteiger partial charge in [-0.25, -0.2) is 0 Å². The quantitative estimate of drug-likeness (QED) is 0.888. The summed E-state index contributed by atoms with van der Waals surface area (Å²) in [5.41, 5.74) is 0.478. The fourth-order valence-corrected chi connectivity index (χ4v) is 3.78. The molecule has 0 radical (unpaired) electrons. The minimum atomic E-state index is -0.120. The Kier molecular flexibility index (Phi) is 3.55. The van der Waals surface area contributed by atoms with Gasteiger partial charge < -0.3 is 15.2 Å². The summed E-state index contributed by atoms with van der Waals surface area (Å²) in [6, 6.07) is 4.74. The van der Waals surface area contributed by atoms with E-state index in [1.807, 2.05) is 0 Å². The molecule has 3 atom stereocenters. The van der Waals surface area contributed by atoms with E-state index in [1.54, 1.807) is 12.1 Å². The Hall–Kier alpha value is -1.71. The molecular weight excluding hydrogens is 254 g/mol. The van der Waals surface area contributed by atoms with Crippen molar-refractivity contribution < 1.29 is 14.6 Å². The van der Waals surface area contributed by atoms with Crippen LogP contribution in [-0.2, 0) is 0 Å². The van der Waals surface area contributed by atoms with E-state index in [1.165, 1.54) is 38.9 Å². The first-order valence-corrected chi connectivity index (χ1v) is 7.32. The molecule has 1 aromatic carbocycles. The largest absolute Gasteiger partial charge is 0.504 e. The Morgan fingerprint density at radius 1 is 1.40 bits per heavy atom. The number of nitrogens with one attached hydrogen (secondary N) is 1. The summed E-state index contributed by atoms with van der Waals surface area (Å²) >= 11 is 0. The number of fused-ring (bicyclic) bond motifs is 2. The second-order valence-corrected chi connectivity index (χ2v) is 6.03. The Morgan fingerprint density at radius 3 is 2.85 bits per heavy atom. The minimum Gasteiger partial charge on any atom is -0.504 e. The average molecular weight is 275 g/mol. The van der Waals surface area contributed by atoms with Crippen molar-refractivity contribution in [2.24, 2.45) is 17.8 Å². The zero-order chi connectivity index (χ0) is 14.1. The van der Waals surface area contributed by atoms with Crippen LogP contribution in [0.4, 0.5) is 0 Å². The molecule has 1 amide bonds. The van der Waals surface area contributed by atoms with Crippen LogP contribution in [0.15, 0.2) is 18.2 Å². The molecule has 0 saturated heterocycles. The second kappa shape index (κ2) is 5.35. The van der Waals surface area contributed by atoms with Gasteiger partial charge in [-0.2, -0.15) is 0 Å². The Morgan fingerprint density at radius 2 is 2.25 bits per heavy atom. The molecule has 3 unspecified atom stereocenters. The summed E-state index contributed by atoms with van der Waals surface area (Å²) in [5.74, 6) is 2.61. The van der Waals surface area contributed by atoms with E-state index in [0.29, 0.717) is 17.2 Å². The summed E-state index contributed by atoms with van der Waals surface area (Å²) < 4.78 is 4.97. The van der Waals surface area contributed by atoms with Crippen LogP contribution < -0.4 is 10.1 Å². The van der Waals surface area contributed by atoms with Crippen LogP contribution in [0.25, 0.3) is 0 Å². The van der Waals surface area contributed by atoms with Crippen molar-refractivity contribution in [3.63, 3.8) is 0 Å². The number of aromatic hydroxyl groups is 1. The lowest BCUT2D eigenvalue weighted by Gasteiger charge is -2.21. The number of carbonyl (C=O) groups excluding carboxylic acids is 1. The van der Waals surface area contributed by atoms with E-state index in [0.717, 1.165) is 18.4 Å². The highest BCUT2D eigenvalue weighted by atomic mass is 16.5. The van der Waals surface area contributed by atoms with Crippen LogP contribution in [0.1, 0.15) is 36.0 Å². The monoisotopic (exact) mass is 275 g/mol. The van der Waals surface area contributed by atoms with Crippen LogP contribution in [0.3, 0.4) is 0 Å². The molecule has 2 bridgehead atoms. The summed E-state index contributed by atoms with van der Waals surface area (Å²) in [7, 11) is 1.49. The number of hydrogen-bond donors (Lipinski definition) is 2. The van der Waals surface area contributed by atoms with Gasteiger partial charge in [0.2, 0.25) is 0 Å². The van der Waals surface area contributed by atoms with Gasteiger partial charge in [-0.3, -0.25) is 4.79 Å². The van der Waals surface area contributed by atoms with Crippen molar-refractivity contribution in [2.75, 3.05) is 13.7 Å². The molecular formula is C16H21NO3. The van der Waals surface area contributed by atoms with Gasteiger partial charge in [-0.15, -0.1) is 0 Å². The van der Waals surface area contributed by atoms with Crippen molar-refractivity contribution in [1.82, 2.24) is 5.32 Å². The average Bonchev–Trinajstić information content (AvgIpc) is 3.07. The molecule has 0 aliphatic heterocycles. The van der Waals surface area contributed by atoms with Crippen LogP contribution in [-0.4, -0.2) is 24.7 Å². The standard InChI is InChI=1S/C16H21NO3/c1-20-15-5-4-12(8-14(15)18)16(19)17-9-13-7-10-2-3-11(13)6-10/h4-5,8,10-11,13,18H,2-3,6-7,9H2,1H3,(H,17,19). The topological polar surface area (TPSA) is 58.6 Å². The predicted molar refractivity (Wildman–Crippen MR) is 75.9 cm³/mol. The molecule has 2 saturated carbocycles. The molecule has 4 heteroatoms. The number of ether oxygens (including phenoxy) is 1. The fraction of sp³-hybridized carbons (Fsp3) is 0.562. The zero-order valence-corrected chi connectivity index (χ0v) is 11.8. The lowest BCUT2D eigenvalue weighted by Crippen LogP contribution is -2.31. The highest BCUT2D eigenvalue weighted by Gasteiger charge is 2.39. The van der Waals surface area contributed by atoms with Crippen molar-refractivity contribution in [3.8, 4) is 11.5 Å². The Bertz CT molecular complexity index is 514. The molecule has 4 nitrogen and oxygen atoms in total. The number of carbonyl (C=O) groups is 1. The number of phenols is 1. The van der Waals surface area contributed by atoms with Gasteiger partial charge in [-0.05, 0) is 55.2 Å². The summed E-state index contributed by atoms with van der Waals surface area (Å²) in [5, 5.41) is 12.7. The first-order valence-electron chi connectivity index (χ1n) is 7.32. The number of amides is 1. The lowest BCUT2D eigenvalue weighted by molar-refractivity contribution is 0.0941. The fourth-order valence-electron chi connectivity index (χ4n) is 3.78. The maximum atomic E-state index is 12.1. The molecule has 0 heterocycles. The smallest absolute Gasteiger partial charge is 0.251 e. The van der Waals surface area contributed by atoms with Gasteiger partial charge in [0, 0.05) is 12.1 Å². The van der Waals surface area contributed by atoms with Gasteiger partial charge in [0.15, 0.2) is 11.5 Å². The third kappa shape index (κ3) is 2.47. The first kappa shape index (κ1) is 13.3. The first-order chi connectivity index (χ1) is 9.67. The summed E-state index contributed by atoms with van der Waals surface area (Å²) in [6.45, 7) is 0.757. The van der Waals surface area contributed by atoms with Gasteiger partial charge in [-0.1, -0.05) is 6.42 Å². The predicted octanol–water partition coefficient (Wildman–Crippen LogP) is 2.57. The van der Waals surface area contributed by atoms with Crippen LogP contribution >= 0.6 is 0 Å². The van der Waals surface area contributed by atoms with E-state index in [2.05, 4.69) is 5.32 Å². The molecule has 0 aromatic heterocycles.